The average molecular weight is 334 g/mol. The Balaban J connectivity index is 1.76. The number of pyridine rings is 1. The van der Waals surface area contributed by atoms with Crippen LogP contribution in [0.3, 0.4) is 0 Å². The quantitative estimate of drug-likeness (QED) is 0.685. The van der Waals surface area contributed by atoms with Gasteiger partial charge in [-0.15, -0.1) is 5.10 Å². The number of hydrogen-bond donors (Lipinski definition) is 2. The van der Waals surface area contributed by atoms with E-state index in [-0.39, 0.29) is 0 Å². The van der Waals surface area contributed by atoms with E-state index < -0.39 is 0 Å². The third-order valence-electron chi connectivity index (χ3n) is 3.97. The lowest BCUT2D eigenvalue weighted by Gasteiger charge is -2.14. The average Bonchev–Trinajstić information content (AvgIpc) is 2.67. The summed E-state index contributed by atoms with van der Waals surface area (Å²) in [5.74, 6) is 1.15. The summed E-state index contributed by atoms with van der Waals surface area (Å²) >= 11 is 0. The van der Waals surface area contributed by atoms with Crippen LogP contribution in [0.1, 0.15) is 30.7 Å². The molecule has 0 spiro atoms. The van der Waals surface area contributed by atoms with Gasteiger partial charge in [0.05, 0.1) is 18.4 Å². The number of rotatable bonds is 7. The summed E-state index contributed by atoms with van der Waals surface area (Å²) in [6.45, 7) is 4.87. The van der Waals surface area contributed by atoms with Gasteiger partial charge < -0.3 is 10.6 Å². The van der Waals surface area contributed by atoms with Gasteiger partial charge in [-0.25, -0.2) is 0 Å². The van der Waals surface area contributed by atoms with Crippen molar-refractivity contribution in [2.24, 2.45) is 0 Å². The molecule has 0 aliphatic carbocycles. The van der Waals surface area contributed by atoms with Crippen LogP contribution in [0.25, 0.3) is 0 Å². The number of hydrogen-bond acceptors (Lipinski definition) is 6. The zero-order valence-electron chi connectivity index (χ0n) is 14.5. The van der Waals surface area contributed by atoms with E-state index in [1.807, 2.05) is 18.2 Å². The van der Waals surface area contributed by atoms with E-state index in [4.69, 9.17) is 0 Å². The molecule has 6 nitrogen and oxygen atoms in total. The lowest BCUT2D eigenvalue weighted by molar-refractivity contribution is 0.952. The highest BCUT2D eigenvalue weighted by molar-refractivity contribution is 5.64. The molecule has 0 aliphatic rings. The van der Waals surface area contributed by atoms with Crippen LogP contribution in [-0.2, 0) is 19.4 Å². The highest BCUT2D eigenvalue weighted by Crippen LogP contribution is 2.25. The monoisotopic (exact) mass is 334 g/mol. The molecule has 128 valence electrons. The number of nitrogens with zero attached hydrogens (tertiary/aromatic N) is 4. The first kappa shape index (κ1) is 16.8. The van der Waals surface area contributed by atoms with Gasteiger partial charge in [0.2, 0.25) is 5.95 Å². The van der Waals surface area contributed by atoms with Gasteiger partial charge in [0.15, 0.2) is 5.82 Å². The van der Waals surface area contributed by atoms with Gasteiger partial charge >= 0.3 is 0 Å². The predicted octanol–water partition coefficient (Wildman–Crippen LogP) is 3.75. The Morgan fingerprint density at radius 2 is 1.76 bits per heavy atom. The smallest absolute Gasteiger partial charge is 0.249 e. The minimum absolute atomic E-state index is 0.488. The summed E-state index contributed by atoms with van der Waals surface area (Å²) < 4.78 is 0. The molecule has 2 N–H and O–H groups in total. The lowest BCUT2D eigenvalue weighted by Crippen LogP contribution is -2.08. The second kappa shape index (κ2) is 8.19. The van der Waals surface area contributed by atoms with Gasteiger partial charge in [0.25, 0.3) is 0 Å². The van der Waals surface area contributed by atoms with Gasteiger partial charge in [-0.2, -0.15) is 10.1 Å². The van der Waals surface area contributed by atoms with E-state index >= 15 is 0 Å². The highest BCUT2D eigenvalue weighted by atomic mass is 15.3. The Hall–Kier alpha value is -3.02. The van der Waals surface area contributed by atoms with Gasteiger partial charge in [-0.1, -0.05) is 38.1 Å². The molecule has 0 atom stereocenters. The SMILES string of the molecule is CCc1cccc(CC)c1Nc1nncc(NCc2ccccn2)n1. The molecule has 2 heterocycles. The first-order valence-corrected chi connectivity index (χ1v) is 8.51. The molecule has 0 saturated carbocycles. The van der Waals surface area contributed by atoms with Gasteiger partial charge in [-0.3, -0.25) is 4.98 Å². The van der Waals surface area contributed by atoms with E-state index in [9.17, 15) is 0 Å². The number of aryl methyl sites for hydroxylation is 2. The maximum absolute atomic E-state index is 4.51. The van der Waals surface area contributed by atoms with E-state index in [1.165, 1.54) is 11.1 Å². The van der Waals surface area contributed by atoms with Crippen LogP contribution in [-0.4, -0.2) is 20.2 Å². The molecular weight excluding hydrogens is 312 g/mol. The molecule has 0 fully saturated rings. The highest BCUT2D eigenvalue weighted by Gasteiger charge is 2.09. The van der Waals surface area contributed by atoms with Crippen molar-refractivity contribution in [1.29, 1.82) is 0 Å². The van der Waals surface area contributed by atoms with Crippen molar-refractivity contribution < 1.29 is 0 Å². The zero-order valence-corrected chi connectivity index (χ0v) is 14.5. The summed E-state index contributed by atoms with van der Waals surface area (Å²) in [4.78, 5) is 8.80. The minimum Gasteiger partial charge on any atom is -0.363 e. The molecule has 0 radical (unpaired) electrons. The van der Waals surface area contributed by atoms with Crippen LogP contribution < -0.4 is 10.6 Å². The number of aromatic nitrogens is 4. The van der Waals surface area contributed by atoms with Gasteiger partial charge in [-0.05, 0) is 36.1 Å². The molecule has 3 rings (SSSR count). The molecule has 6 heteroatoms. The molecule has 2 aromatic heterocycles. The molecule has 3 aromatic rings. The Labute approximate surface area is 147 Å². The fraction of sp³-hybridized carbons (Fsp3) is 0.263. The van der Waals surface area contributed by atoms with Crippen LogP contribution >= 0.6 is 0 Å². The second-order valence-corrected chi connectivity index (χ2v) is 5.62. The third-order valence-corrected chi connectivity index (χ3v) is 3.97. The summed E-state index contributed by atoms with van der Waals surface area (Å²) in [6, 6.07) is 12.2. The van der Waals surface area contributed by atoms with Crippen molar-refractivity contribution in [3.63, 3.8) is 0 Å². The maximum atomic E-state index is 4.51. The molecule has 1 aromatic carbocycles. The largest absolute Gasteiger partial charge is 0.363 e. The van der Waals surface area contributed by atoms with Crippen LogP contribution in [0.4, 0.5) is 17.5 Å². The molecule has 0 saturated heterocycles. The van der Waals surface area contributed by atoms with Crippen molar-refractivity contribution in [1.82, 2.24) is 20.2 Å². The topological polar surface area (TPSA) is 75.6 Å². The van der Waals surface area contributed by atoms with E-state index in [0.29, 0.717) is 18.3 Å². The number of anilines is 3. The van der Waals surface area contributed by atoms with Gasteiger partial charge in [0, 0.05) is 11.9 Å². The molecule has 0 bridgehead atoms. The maximum Gasteiger partial charge on any atom is 0.249 e. The summed E-state index contributed by atoms with van der Waals surface area (Å²) in [6.07, 6.45) is 5.28. The number of para-hydroxylation sites is 1. The number of benzene rings is 1. The van der Waals surface area contributed by atoms with Crippen molar-refractivity contribution in [2.45, 2.75) is 33.2 Å². The minimum atomic E-state index is 0.488. The summed E-state index contributed by atoms with van der Waals surface area (Å²) in [7, 11) is 0. The first-order valence-electron chi connectivity index (χ1n) is 8.51. The van der Waals surface area contributed by atoms with E-state index in [2.05, 4.69) is 62.8 Å². The van der Waals surface area contributed by atoms with Crippen LogP contribution in [0, 0.1) is 0 Å². The van der Waals surface area contributed by atoms with E-state index in [1.54, 1.807) is 12.4 Å². The van der Waals surface area contributed by atoms with Crippen molar-refractivity contribution in [3.05, 3.63) is 65.6 Å². The van der Waals surface area contributed by atoms with E-state index in [0.717, 1.165) is 24.2 Å². The van der Waals surface area contributed by atoms with Crippen molar-refractivity contribution in [3.8, 4) is 0 Å². The Morgan fingerprint density at radius 3 is 2.44 bits per heavy atom. The third kappa shape index (κ3) is 4.29. The van der Waals surface area contributed by atoms with Crippen LogP contribution in [0.15, 0.2) is 48.8 Å². The summed E-state index contributed by atoms with van der Waals surface area (Å²) in [5.41, 5.74) is 4.51. The second-order valence-electron chi connectivity index (χ2n) is 5.62. The summed E-state index contributed by atoms with van der Waals surface area (Å²) in [5, 5.41) is 14.7. The molecular formula is C19H22N6. The van der Waals surface area contributed by atoms with Gasteiger partial charge in [0.1, 0.15) is 0 Å². The van der Waals surface area contributed by atoms with Crippen molar-refractivity contribution >= 4 is 17.5 Å². The Bertz CT molecular complexity index is 797. The van der Waals surface area contributed by atoms with Crippen LogP contribution in [0.2, 0.25) is 0 Å². The van der Waals surface area contributed by atoms with Crippen LogP contribution in [0.5, 0.6) is 0 Å². The lowest BCUT2D eigenvalue weighted by atomic mass is 10.0. The van der Waals surface area contributed by atoms with Crippen molar-refractivity contribution in [2.75, 3.05) is 10.6 Å². The Morgan fingerprint density at radius 1 is 0.960 bits per heavy atom. The fourth-order valence-corrected chi connectivity index (χ4v) is 2.64. The molecule has 0 unspecified atom stereocenters. The first-order chi connectivity index (χ1) is 12.3. The Kier molecular flexibility index (Phi) is 5.51. The standard InChI is InChI=1S/C19H22N6/c1-3-14-8-7-9-15(4-2)18(14)24-19-23-17(13-22-25-19)21-12-16-10-5-6-11-20-16/h5-11,13H,3-4,12H2,1-2H3,(H2,21,23,24,25). The zero-order chi connectivity index (χ0) is 17.5. The fourth-order valence-electron chi connectivity index (χ4n) is 2.64. The molecule has 0 aliphatic heterocycles. The molecule has 25 heavy (non-hydrogen) atoms. The predicted molar refractivity (Wildman–Crippen MR) is 99.9 cm³/mol. The normalized spacial score (nSPS) is 10.5. The molecule has 0 amide bonds. The number of nitrogens with one attached hydrogen (secondary N) is 2.